The molecule has 2 heterocycles. The van der Waals surface area contributed by atoms with Crippen molar-refractivity contribution < 1.29 is 53.5 Å². The second-order valence-corrected chi connectivity index (χ2v) is 6.02. The average molecular weight is 485 g/mol. The summed E-state index contributed by atoms with van der Waals surface area (Å²) in [5, 5.41) is 22.2. The molecule has 2 aliphatic rings. The summed E-state index contributed by atoms with van der Waals surface area (Å²) in [6, 6.07) is 0. The highest BCUT2D eigenvalue weighted by Gasteiger charge is 2.14. The van der Waals surface area contributed by atoms with Gasteiger partial charge in [0.15, 0.2) is 6.79 Å². The van der Waals surface area contributed by atoms with Gasteiger partial charge in [0.05, 0.1) is 20.3 Å². The highest BCUT2D eigenvalue weighted by molar-refractivity contribution is 5.77. The average Bonchev–Trinajstić information content (AvgIpc) is 3.13. The lowest BCUT2D eigenvalue weighted by molar-refractivity contribution is -0.149. The van der Waals surface area contributed by atoms with Crippen LogP contribution in [-0.4, -0.2) is 116 Å². The normalized spacial score (nSPS) is 13.3. The number of carboxylic acids is 1. The van der Waals surface area contributed by atoms with Gasteiger partial charge < -0.3 is 39.3 Å². The molecule has 0 aromatic heterocycles. The maximum atomic E-state index is 10.7. The predicted octanol–water partition coefficient (Wildman–Crippen LogP) is -0.518. The van der Waals surface area contributed by atoms with Crippen molar-refractivity contribution in [3.05, 3.63) is 0 Å². The molecule has 0 aromatic rings. The fraction of sp³-hybridized carbons (Fsp3) is 0.750. The minimum absolute atomic E-state index is 0.151. The first-order valence-corrected chi connectivity index (χ1v) is 9.89. The Balaban J connectivity index is -0.000000161. The molecule has 0 unspecified atom stereocenters. The van der Waals surface area contributed by atoms with Gasteiger partial charge in [-0.25, -0.2) is 0 Å². The molecule has 0 bridgehead atoms. The minimum atomic E-state index is -0.833. The molecule has 13 nitrogen and oxygen atoms in total. The van der Waals surface area contributed by atoms with Crippen LogP contribution in [0.25, 0.3) is 0 Å². The van der Waals surface area contributed by atoms with Gasteiger partial charge in [0.1, 0.15) is 0 Å². The van der Waals surface area contributed by atoms with Crippen LogP contribution in [0.15, 0.2) is 0 Å². The number of aliphatic hydroxyl groups excluding tert-OH is 2. The molecular weight excluding hydrogens is 444 g/mol. The molecule has 2 saturated heterocycles. The van der Waals surface area contributed by atoms with Crippen molar-refractivity contribution in [3.63, 3.8) is 0 Å². The van der Waals surface area contributed by atoms with Crippen molar-refractivity contribution in [1.82, 2.24) is 9.80 Å². The number of aliphatic carboxylic acids is 1. The van der Waals surface area contributed by atoms with E-state index in [0.717, 1.165) is 46.5 Å². The van der Waals surface area contributed by atoms with Gasteiger partial charge in [-0.05, 0) is 6.42 Å². The number of likely N-dealkylation sites (tertiary alicyclic amines) is 1. The van der Waals surface area contributed by atoms with Crippen LogP contribution in [-0.2, 0) is 38.2 Å². The van der Waals surface area contributed by atoms with Crippen molar-refractivity contribution in [2.75, 3.05) is 60.9 Å². The van der Waals surface area contributed by atoms with E-state index in [2.05, 4.69) is 9.47 Å². The third-order valence-corrected chi connectivity index (χ3v) is 3.32. The lowest BCUT2D eigenvalue weighted by atomic mass is 10.4. The van der Waals surface area contributed by atoms with Crippen LogP contribution in [0.1, 0.15) is 40.5 Å². The van der Waals surface area contributed by atoms with Crippen LogP contribution < -0.4 is 0 Å². The number of carbonyl (C=O) groups is 5. The molecule has 33 heavy (non-hydrogen) atoms. The lowest BCUT2D eigenvalue weighted by Crippen LogP contribution is -2.39. The molecule has 0 radical (unpaired) electrons. The summed E-state index contributed by atoms with van der Waals surface area (Å²) in [4.78, 5) is 53.0. The van der Waals surface area contributed by atoms with Gasteiger partial charge in [-0.15, -0.1) is 0 Å². The Hall–Kier alpha value is -2.77. The van der Waals surface area contributed by atoms with E-state index in [4.69, 9.17) is 24.9 Å². The molecule has 0 spiro atoms. The number of carbonyl (C=O) groups excluding carboxylic acids is 4. The van der Waals surface area contributed by atoms with E-state index < -0.39 is 18.7 Å². The molecule has 0 aliphatic carbocycles. The summed E-state index contributed by atoms with van der Waals surface area (Å²) >= 11 is 0. The Morgan fingerprint density at radius 2 is 1.39 bits per heavy atom. The topological polar surface area (TPSA) is 180 Å². The molecular formula is C20H40N2O11. The second kappa shape index (κ2) is 27.3. The van der Waals surface area contributed by atoms with Gasteiger partial charge >= 0.3 is 11.9 Å². The van der Waals surface area contributed by atoms with Crippen LogP contribution in [0.4, 0.5) is 0 Å². The highest BCUT2D eigenvalue weighted by atomic mass is 16.6. The number of hydrogen-bond donors (Lipinski definition) is 3. The Morgan fingerprint density at radius 1 is 0.970 bits per heavy atom. The van der Waals surface area contributed by atoms with Crippen molar-refractivity contribution in [1.29, 1.82) is 0 Å². The monoisotopic (exact) mass is 484 g/mol. The summed E-state index contributed by atoms with van der Waals surface area (Å²) in [7, 11) is 4.19. The Bertz CT molecular complexity index is 532. The number of hydrogen-bond acceptors (Lipinski definition) is 10. The number of carboxylic acid groups (broad SMARTS) is 1. The van der Waals surface area contributed by atoms with Gasteiger partial charge in [0.25, 0.3) is 5.97 Å². The van der Waals surface area contributed by atoms with Crippen LogP contribution in [0.2, 0.25) is 0 Å². The summed E-state index contributed by atoms with van der Waals surface area (Å²) in [5.74, 6) is -1.10. The molecule has 2 rings (SSSR count). The summed E-state index contributed by atoms with van der Waals surface area (Å²) < 4.78 is 13.1. The first-order chi connectivity index (χ1) is 15.4. The zero-order valence-electron chi connectivity index (χ0n) is 20.7. The molecule has 2 fully saturated rings. The summed E-state index contributed by atoms with van der Waals surface area (Å²) in [6.07, 6.45) is 1.81. The smallest absolute Gasteiger partial charge is 0.304 e. The number of rotatable bonds is 1. The number of morpholine rings is 1. The Kier molecular flexibility index (Phi) is 31.0. The molecule has 3 N–H and O–H groups in total. The third-order valence-electron chi connectivity index (χ3n) is 3.32. The zero-order chi connectivity index (χ0) is 26.8. The van der Waals surface area contributed by atoms with E-state index in [1.54, 1.807) is 16.7 Å². The zero-order valence-corrected chi connectivity index (χ0v) is 20.7. The number of esters is 2. The van der Waals surface area contributed by atoms with Crippen molar-refractivity contribution in [2.45, 2.75) is 40.5 Å². The lowest BCUT2D eigenvalue weighted by Gasteiger charge is -2.25. The molecule has 0 aromatic carbocycles. The van der Waals surface area contributed by atoms with Crippen molar-refractivity contribution >= 4 is 29.7 Å². The van der Waals surface area contributed by atoms with Gasteiger partial charge in [0, 0.05) is 67.9 Å². The molecule has 196 valence electrons. The van der Waals surface area contributed by atoms with E-state index in [1.165, 1.54) is 21.0 Å². The Labute approximate surface area is 195 Å². The quantitative estimate of drug-likeness (QED) is 0.322. The maximum absolute atomic E-state index is 10.7. The van der Waals surface area contributed by atoms with Gasteiger partial charge in [-0.3, -0.25) is 24.0 Å². The largest absolute Gasteiger partial charge is 0.481 e. The first-order valence-electron chi connectivity index (χ1n) is 9.89. The molecule has 2 amide bonds. The van der Waals surface area contributed by atoms with E-state index in [0.29, 0.717) is 19.1 Å². The summed E-state index contributed by atoms with van der Waals surface area (Å²) in [5.41, 5.74) is 0. The molecule has 2 aliphatic heterocycles. The summed E-state index contributed by atoms with van der Waals surface area (Å²) in [6.45, 7) is 8.61. The van der Waals surface area contributed by atoms with E-state index in [9.17, 15) is 19.2 Å². The number of amides is 2. The first kappa shape index (κ1) is 37.5. The number of methoxy groups -OCH3 is 1. The standard InChI is InChI=1S/C6H11NO2.C5H9NO.C3H6O3.C3H6O2.C2H4O2.CH4O/c1-6(8)7-2-4-9-5-3-7;1-6-4-2-3-5(6)7;1-3(5)6-2-4;1-3(4)5-2;1-2(3)4;1-2/h2-5H2,1H3;2-4H2,1H3;4H,2H2,1H3;1-2H3;1H3,(H,3,4);2H,1H3. The molecule has 0 atom stereocenters. The van der Waals surface area contributed by atoms with Crippen LogP contribution in [0, 0.1) is 0 Å². The second-order valence-electron chi connectivity index (χ2n) is 6.02. The van der Waals surface area contributed by atoms with Crippen LogP contribution >= 0.6 is 0 Å². The fourth-order valence-corrected chi connectivity index (χ4v) is 1.75. The van der Waals surface area contributed by atoms with E-state index in [1.807, 2.05) is 7.05 Å². The Morgan fingerprint density at radius 3 is 1.52 bits per heavy atom. The van der Waals surface area contributed by atoms with Crippen LogP contribution in [0.5, 0.6) is 0 Å². The van der Waals surface area contributed by atoms with E-state index >= 15 is 0 Å². The predicted molar refractivity (Wildman–Crippen MR) is 118 cm³/mol. The number of ether oxygens (including phenoxy) is 3. The minimum Gasteiger partial charge on any atom is -0.481 e. The molecule has 13 heteroatoms. The van der Waals surface area contributed by atoms with Crippen LogP contribution in [0.3, 0.4) is 0 Å². The van der Waals surface area contributed by atoms with Crippen molar-refractivity contribution in [3.8, 4) is 0 Å². The SMILES string of the molecule is CC(=O)N1CCOCC1.CC(=O)O.CC(=O)OCO.CN1CCCC1=O.CO.COC(C)=O. The number of nitrogens with zero attached hydrogens (tertiary/aromatic N) is 2. The number of aliphatic hydroxyl groups is 2. The third kappa shape index (κ3) is 36.9. The van der Waals surface area contributed by atoms with Gasteiger partial charge in [0.2, 0.25) is 11.8 Å². The van der Waals surface area contributed by atoms with Gasteiger partial charge in [-0.1, -0.05) is 0 Å². The van der Waals surface area contributed by atoms with Gasteiger partial charge in [-0.2, -0.15) is 0 Å². The maximum Gasteiger partial charge on any atom is 0.304 e. The van der Waals surface area contributed by atoms with E-state index in [-0.39, 0.29) is 11.9 Å². The fourth-order valence-electron chi connectivity index (χ4n) is 1.75. The highest BCUT2D eigenvalue weighted by Crippen LogP contribution is 2.04. The molecule has 0 saturated carbocycles. The van der Waals surface area contributed by atoms with Crippen molar-refractivity contribution in [2.24, 2.45) is 0 Å².